The summed E-state index contributed by atoms with van der Waals surface area (Å²) in [6, 6.07) is 9.19. The highest BCUT2D eigenvalue weighted by atomic mass is 16.5. The maximum atomic E-state index is 13.6. The maximum Gasteiger partial charge on any atom is 0.303 e. The van der Waals surface area contributed by atoms with Crippen LogP contribution in [0.15, 0.2) is 42.1 Å². The number of aliphatic hydroxyl groups is 1. The van der Waals surface area contributed by atoms with Gasteiger partial charge in [-0.15, -0.1) is 0 Å². The van der Waals surface area contributed by atoms with Crippen LogP contribution in [0, 0.1) is 0 Å². The zero-order valence-electron chi connectivity index (χ0n) is 17.4. The van der Waals surface area contributed by atoms with Crippen LogP contribution >= 0.6 is 0 Å². The molecule has 1 aliphatic carbocycles. The van der Waals surface area contributed by atoms with Gasteiger partial charge in [-0.3, -0.25) is 14.4 Å². The molecule has 4 rings (SSSR count). The summed E-state index contributed by atoms with van der Waals surface area (Å²) >= 11 is 0. The van der Waals surface area contributed by atoms with E-state index in [4.69, 9.17) is 9.84 Å². The molecule has 0 atom stereocenters. The number of aromatic nitrogens is 1. The van der Waals surface area contributed by atoms with Gasteiger partial charge in [-0.25, -0.2) is 0 Å². The molecule has 1 aliphatic heterocycles. The Hall–Kier alpha value is -3.35. The van der Waals surface area contributed by atoms with E-state index >= 15 is 0 Å². The lowest BCUT2D eigenvalue weighted by molar-refractivity contribution is -0.138. The van der Waals surface area contributed by atoms with E-state index in [2.05, 4.69) is 0 Å². The lowest BCUT2D eigenvalue weighted by atomic mass is 9.72. The van der Waals surface area contributed by atoms with Crippen LogP contribution < -0.4 is 4.74 Å². The van der Waals surface area contributed by atoms with Crippen LogP contribution in [0.3, 0.4) is 0 Å². The van der Waals surface area contributed by atoms with Crippen molar-refractivity contribution in [3.05, 3.63) is 47.8 Å². The Morgan fingerprint density at radius 2 is 1.74 bits per heavy atom. The number of aliphatic hydroxyl groups excluding tert-OH is 1. The fourth-order valence-electron chi connectivity index (χ4n) is 4.81. The number of Topliss-reactive ketones (excluding diaryl/α,β-unsaturated/α-hetero) is 2. The molecule has 7 heteroatoms. The van der Waals surface area contributed by atoms with Crippen molar-refractivity contribution in [3.8, 4) is 16.9 Å². The molecular formula is C24H25NO6. The highest BCUT2D eigenvalue weighted by Crippen LogP contribution is 2.47. The molecule has 0 amide bonds. The van der Waals surface area contributed by atoms with E-state index in [9.17, 15) is 19.5 Å². The van der Waals surface area contributed by atoms with Crippen molar-refractivity contribution < 1.29 is 29.3 Å². The number of aliphatic carboxylic acids is 1. The molecule has 1 saturated carbocycles. The number of ketones is 2. The molecule has 1 fully saturated rings. The van der Waals surface area contributed by atoms with Gasteiger partial charge in [-0.1, -0.05) is 31.4 Å². The highest BCUT2D eigenvalue weighted by Gasteiger charge is 2.49. The summed E-state index contributed by atoms with van der Waals surface area (Å²) in [6.07, 6.45) is 4.97. The molecule has 162 valence electrons. The molecule has 1 aromatic heterocycles. The number of rotatable bonds is 6. The standard InChI is InChI=1S/C24H25NO6/c1-31-16-7-5-15(6-8-16)17-11-14-25-21(17)22(29)20(18(26)9-10-19(27)28)23(30)24(25)12-3-2-4-13-24/h5-8,11,14,29H,2-4,9-10,12-13H2,1H3,(H,27,28). The number of fused-ring (bicyclic) bond motifs is 2. The Kier molecular flexibility index (Phi) is 5.43. The van der Waals surface area contributed by atoms with Gasteiger partial charge in [0.2, 0.25) is 0 Å². The number of hydrogen-bond donors (Lipinski definition) is 2. The Balaban J connectivity index is 1.88. The van der Waals surface area contributed by atoms with Gasteiger partial charge in [0, 0.05) is 18.2 Å². The number of nitrogens with zero attached hydrogens (tertiary/aromatic N) is 1. The first kappa shape index (κ1) is 20.9. The fourth-order valence-corrected chi connectivity index (χ4v) is 4.81. The van der Waals surface area contributed by atoms with Crippen molar-refractivity contribution in [1.29, 1.82) is 0 Å². The van der Waals surface area contributed by atoms with Gasteiger partial charge in [0.15, 0.2) is 17.3 Å². The van der Waals surface area contributed by atoms with Gasteiger partial charge in [0.05, 0.1) is 19.2 Å². The molecule has 1 aromatic carbocycles. The van der Waals surface area contributed by atoms with E-state index in [1.54, 1.807) is 7.11 Å². The van der Waals surface area contributed by atoms with Crippen LogP contribution in [-0.4, -0.2) is 39.4 Å². The average molecular weight is 423 g/mol. The summed E-state index contributed by atoms with van der Waals surface area (Å²) in [6.45, 7) is 0. The van der Waals surface area contributed by atoms with Crippen LogP contribution in [0.1, 0.15) is 50.6 Å². The summed E-state index contributed by atoms with van der Waals surface area (Å²) in [7, 11) is 1.58. The number of carbonyl (C=O) groups excluding carboxylic acids is 2. The minimum Gasteiger partial charge on any atom is -0.505 e. The van der Waals surface area contributed by atoms with E-state index in [1.807, 2.05) is 41.1 Å². The first-order valence-electron chi connectivity index (χ1n) is 10.5. The maximum absolute atomic E-state index is 13.6. The smallest absolute Gasteiger partial charge is 0.303 e. The Bertz CT molecular complexity index is 1070. The fraction of sp³-hybridized carbons (Fsp3) is 0.375. The molecule has 0 radical (unpaired) electrons. The van der Waals surface area contributed by atoms with E-state index in [-0.39, 0.29) is 24.2 Å². The first-order valence-corrected chi connectivity index (χ1v) is 10.5. The molecule has 0 saturated heterocycles. The van der Waals surface area contributed by atoms with Crippen molar-refractivity contribution in [2.75, 3.05) is 7.11 Å². The van der Waals surface area contributed by atoms with Gasteiger partial charge in [0.1, 0.15) is 16.9 Å². The third-order valence-electron chi connectivity index (χ3n) is 6.38. The van der Waals surface area contributed by atoms with Crippen LogP contribution in [0.4, 0.5) is 0 Å². The van der Waals surface area contributed by atoms with Gasteiger partial charge in [-0.05, 0) is 36.6 Å². The number of carbonyl (C=O) groups is 3. The second kappa shape index (κ2) is 8.06. The van der Waals surface area contributed by atoms with Crippen LogP contribution in [-0.2, 0) is 19.9 Å². The summed E-state index contributed by atoms with van der Waals surface area (Å²) in [5.74, 6) is -1.81. The van der Waals surface area contributed by atoms with E-state index in [1.165, 1.54) is 0 Å². The van der Waals surface area contributed by atoms with Gasteiger partial charge in [-0.2, -0.15) is 0 Å². The minimum absolute atomic E-state index is 0.260. The van der Waals surface area contributed by atoms with Gasteiger partial charge >= 0.3 is 5.97 Å². The summed E-state index contributed by atoms with van der Waals surface area (Å²) in [5.41, 5.74) is 0.785. The van der Waals surface area contributed by atoms with Gasteiger partial charge < -0.3 is 19.5 Å². The SMILES string of the molecule is COc1ccc(-c2ccn3c2C(O)=C(C(=O)CCC(=O)O)C(=O)C32CCCCC2)cc1. The predicted molar refractivity (Wildman–Crippen MR) is 114 cm³/mol. The van der Waals surface area contributed by atoms with Crippen molar-refractivity contribution in [2.24, 2.45) is 0 Å². The Labute approximate surface area is 180 Å². The van der Waals surface area contributed by atoms with Crippen molar-refractivity contribution in [2.45, 2.75) is 50.5 Å². The predicted octanol–water partition coefficient (Wildman–Crippen LogP) is 4.11. The summed E-state index contributed by atoms with van der Waals surface area (Å²) < 4.78 is 7.05. The number of allylic oxidation sites excluding steroid dienone is 1. The third kappa shape index (κ3) is 3.44. The number of carboxylic acids is 1. The van der Waals surface area contributed by atoms with E-state index < -0.39 is 23.1 Å². The number of methoxy groups -OCH3 is 1. The number of carboxylic acid groups (broad SMARTS) is 1. The van der Waals surface area contributed by atoms with E-state index in [0.29, 0.717) is 29.8 Å². The Morgan fingerprint density at radius 1 is 1.06 bits per heavy atom. The summed E-state index contributed by atoms with van der Waals surface area (Å²) in [5, 5.41) is 20.1. The zero-order valence-corrected chi connectivity index (χ0v) is 17.4. The Morgan fingerprint density at radius 3 is 2.35 bits per heavy atom. The zero-order chi connectivity index (χ0) is 22.2. The largest absolute Gasteiger partial charge is 0.505 e. The third-order valence-corrected chi connectivity index (χ3v) is 6.38. The summed E-state index contributed by atoms with van der Waals surface area (Å²) in [4.78, 5) is 37.4. The number of benzene rings is 1. The number of hydrogen-bond acceptors (Lipinski definition) is 5. The molecule has 2 N–H and O–H groups in total. The molecule has 2 aliphatic rings. The molecule has 0 unspecified atom stereocenters. The van der Waals surface area contributed by atoms with Crippen molar-refractivity contribution in [1.82, 2.24) is 4.57 Å². The topological polar surface area (TPSA) is 106 Å². The monoisotopic (exact) mass is 423 g/mol. The molecule has 31 heavy (non-hydrogen) atoms. The van der Waals surface area contributed by atoms with Crippen molar-refractivity contribution in [3.63, 3.8) is 0 Å². The molecule has 7 nitrogen and oxygen atoms in total. The first-order chi connectivity index (χ1) is 14.9. The van der Waals surface area contributed by atoms with Crippen molar-refractivity contribution >= 4 is 23.3 Å². The van der Waals surface area contributed by atoms with E-state index in [0.717, 1.165) is 24.8 Å². The van der Waals surface area contributed by atoms with Crippen LogP contribution in [0.25, 0.3) is 16.9 Å². The second-order valence-corrected chi connectivity index (χ2v) is 8.14. The normalized spacial score (nSPS) is 17.5. The molecule has 0 bridgehead atoms. The van der Waals surface area contributed by atoms with Crippen LogP contribution in [0.2, 0.25) is 0 Å². The number of ether oxygens (including phenoxy) is 1. The highest BCUT2D eigenvalue weighted by molar-refractivity contribution is 6.28. The quantitative estimate of drug-likeness (QED) is 0.678. The molecule has 2 aromatic rings. The lowest BCUT2D eigenvalue weighted by Gasteiger charge is -2.41. The second-order valence-electron chi connectivity index (χ2n) is 8.14. The molecule has 1 spiro atoms. The van der Waals surface area contributed by atoms with Crippen LogP contribution in [0.5, 0.6) is 5.75 Å². The average Bonchev–Trinajstić information content (AvgIpc) is 3.23. The van der Waals surface area contributed by atoms with Gasteiger partial charge in [0.25, 0.3) is 0 Å². The minimum atomic E-state index is -1.12. The lowest BCUT2D eigenvalue weighted by Crippen LogP contribution is -2.48. The molecular weight excluding hydrogens is 398 g/mol. The molecule has 2 heterocycles.